The smallest absolute Gasteiger partial charge is 0.321 e. The maximum Gasteiger partial charge on any atom is 0.321 e. The van der Waals surface area contributed by atoms with Gasteiger partial charge in [0.05, 0.1) is 5.75 Å². The number of carbonyl (C=O) groups is 2. The molecule has 2 unspecified atom stereocenters. The molecule has 2 aliphatic rings. The Hall–Kier alpha value is -2.35. The Balaban J connectivity index is 1.35. The summed E-state index contributed by atoms with van der Waals surface area (Å²) in [6.45, 7) is 2.15. The Kier molecular flexibility index (Phi) is 6.18. The summed E-state index contributed by atoms with van der Waals surface area (Å²) >= 11 is 1.30. The number of imide groups is 1. The van der Waals surface area contributed by atoms with E-state index in [9.17, 15) is 9.59 Å². The minimum Gasteiger partial charge on any atom is -0.335 e. The molecule has 0 saturated heterocycles. The number of nitrogens with zero attached hydrogens (tertiary/aromatic N) is 3. The number of hydrogen-bond donors (Lipinski definition) is 2. The summed E-state index contributed by atoms with van der Waals surface area (Å²) in [5.41, 5.74) is 0.992. The van der Waals surface area contributed by atoms with Crippen LogP contribution in [-0.2, 0) is 4.79 Å². The summed E-state index contributed by atoms with van der Waals surface area (Å²) in [5.74, 6) is 1.62. The van der Waals surface area contributed by atoms with Crippen LogP contribution in [0.15, 0.2) is 35.5 Å². The largest absolute Gasteiger partial charge is 0.335 e. The molecule has 0 radical (unpaired) electrons. The van der Waals surface area contributed by atoms with Crippen LogP contribution in [-0.4, -0.2) is 38.5 Å². The first-order chi connectivity index (χ1) is 14.1. The SMILES string of the molecule is CC1CCCCC1NC(=O)NC(=O)CSc1nnc(C2CC2)n1-c1ccccc1. The second-order valence-corrected chi connectivity index (χ2v) is 8.91. The van der Waals surface area contributed by atoms with Gasteiger partial charge in [0.1, 0.15) is 5.82 Å². The van der Waals surface area contributed by atoms with Gasteiger partial charge in [-0.15, -0.1) is 10.2 Å². The highest BCUT2D eigenvalue weighted by atomic mass is 32.2. The Morgan fingerprint density at radius 1 is 1.10 bits per heavy atom. The molecule has 1 aromatic carbocycles. The van der Waals surface area contributed by atoms with E-state index in [1.807, 2.05) is 34.9 Å². The zero-order valence-electron chi connectivity index (χ0n) is 16.6. The fraction of sp³-hybridized carbons (Fsp3) is 0.524. The third-order valence-electron chi connectivity index (χ3n) is 5.63. The maximum absolute atomic E-state index is 12.3. The molecule has 2 N–H and O–H groups in total. The number of amides is 3. The lowest BCUT2D eigenvalue weighted by molar-refractivity contribution is -0.117. The molecule has 8 heteroatoms. The molecule has 4 rings (SSSR count). The molecule has 0 spiro atoms. The van der Waals surface area contributed by atoms with Gasteiger partial charge >= 0.3 is 6.03 Å². The number of aromatic nitrogens is 3. The molecule has 0 aliphatic heterocycles. The predicted molar refractivity (Wildman–Crippen MR) is 112 cm³/mol. The van der Waals surface area contributed by atoms with Gasteiger partial charge < -0.3 is 5.32 Å². The molecule has 2 aliphatic carbocycles. The number of nitrogens with one attached hydrogen (secondary N) is 2. The van der Waals surface area contributed by atoms with Gasteiger partial charge in [-0.2, -0.15) is 0 Å². The monoisotopic (exact) mass is 413 g/mol. The predicted octanol–water partition coefficient (Wildman–Crippen LogP) is 3.64. The third kappa shape index (κ3) is 4.98. The van der Waals surface area contributed by atoms with Crippen LogP contribution >= 0.6 is 11.8 Å². The van der Waals surface area contributed by atoms with Crippen molar-refractivity contribution < 1.29 is 9.59 Å². The van der Waals surface area contributed by atoms with E-state index in [4.69, 9.17) is 0 Å². The molecule has 2 atom stereocenters. The van der Waals surface area contributed by atoms with Crippen LogP contribution in [0.25, 0.3) is 5.69 Å². The lowest BCUT2D eigenvalue weighted by atomic mass is 9.86. The van der Waals surface area contributed by atoms with E-state index < -0.39 is 6.03 Å². The molecule has 2 saturated carbocycles. The Labute approximate surface area is 175 Å². The molecule has 154 valence electrons. The molecule has 1 aromatic heterocycles. The van der Waals surface area contributed by atoms with Crippen molar-refractivity contribution in [2.75, 3.05) is 5.75 Å². The lowest BCUT2D eigenvalue weighted by Gasteiger charge is -2.29. The van der Waals surface area contributed by atoms with E-state index in [2.05, 4.69) is 27.8 Å². The van der Waals surface area contributed by atoms with Crippen molar-refractivity contribution in [3.8, 4) is 5.69 Å². The molecule has 0 bridgehead atoms. The van der Waals surface area contributed by atoms with Crippen LogP contribution in [0.3, 0.4) is 0 Å². The van der Waals surface area contributed by atoms with Crippen LogP contribution in [0.1, 0.15) is 57.2 Å². The number of benzene rings is 1. The minimum atomic E-state index is -0.405. The average molecular weight is 414 g/mol. The molecule has 2 fully saturated rings. The van der Waals surface area contributed by atoms with Gasteiger partial charge in [0.25, 0.3) is 0 Å². The molecular formula is C21H27N5O2S. The van der Waals surface area contributed by atoms with Crippen LogP contribution in [0.4, 0.5) is 4.79 Å². The Morgan fingerprint density at radius 2 is 1.86 bits per heavy atom. The molecule has 2 aromatic rings. The summed E-state index contributed by atoms with van der Waals surface area (Å²) in [5, 5.41) is 14.7. The first-order valence-electron chi connectivity index (χ1n) is 10.4. The van der Waals surface area contributed by atoms with Gasteiger partial charge in [-0.25, -0.2) is 4.79 Å². The van der Waals surface area contributed by atoms with Crippen LogP contribution in [0, 0.1) is 5.92 Å². The zero-order chi connectivity index (χ0) is 20.2. The van der Waals surface area contributed by atoms with Gasteiger partial charge in [0, 0.05) is 17.6 Å². The van der Waals surface area contributed by atoms with Crippen molar-refractivity contribution in [1.82, 2.24) is 25.4 Å². The first kappa shape index (κ1) is 19.9. The highest BCUT2D eigenvalue weighted by Gasteiger charge is 2.31. The van der Waals surface area contributed by atoms with Crippen molar-refractivity contribution in [2.45, 2.75) is 62.6 Å². The summed E-state index contributed by atoms with van der Waals surface area (Å²) in [6, 6.07) is 9.68. The highest BCUT2D eigenvalue weighted by Crippen LogP contribution is 2.41. The topological polar surface area (TPSA) is 88.9 Å². The maximum atomic E-state index is 12.3. The van der Waals surface area contributed by atoms with E-state index in [1.165, 1.54) is 18.2 Å². The Bertz CT molecular complexity index is 865. The van der Waals surface area contributed by atoms with Crippen molar-refractivity contribution >= 4 is 23.7 Å². The first-order valence-corrected chi connectivity index (χ1v) is 11.3. The highest BCUT2D eigenvalue weighted by molar-refractivity contribution is 7.99. The number of thioether (sulfide) groups is 1. The molecule has 3 amide bonds. The summed E-state index contributed by atoms with van der Waals surface area (Å²) in [7, 11) is 0. The van der Waals surface area contributed by atoms with Gasteiger partial charge in [0.15, 0.2) is 5.16 Å². The van der Waals surface area contributed by atoms with Crippen LogP contribution in [0.5, 0.6) is 0 Å². The second-order valence-electron chi connectivity index (χ2n) is 7.96. The number of para-hydroxylation sites is 1. The molecule has 1 heterocycles. The molecular weight excluding hydrogens is 386 g/mol. The van der Waals surface area contributed by atoms with Crippen molar-refractivity contribution in [3.63, 3.8) is 0 Å². The summed E-state index contributed by atoms with van der Waals surface area (Å²) < 4.78 is 2.03. The number of hydrogen-bond acceptors (Lipinski definition) is 5. The van der Waals surface area contributed by atoms with E-state index in [-0.39, 0.29) is 17.7 Å². The van der Waals surface area contributed by atoms with Crippen LogP contribution < -0.4 is 10.6 Å². The zero-order valence-corrected chi connectivity index (χ0v) is 17.5. The number of urea groups is 1. The van der Waals surface area contributed by atoms with E-state index in [0.717, 1.165) is 43.6 Å². The summed E-state index contributed by atoms with van der Waals surface area (Å²) in [6.07, 6.45) is 6.67. The fourth-order valence-electron chi connectivity index (χ4n) is 3.83. The Morgan fingerprint density at radius 3 is 2.59 bits per heavy atom. The van der Waals surface area contributed by atoms with Crippen LogP contribution in [0.2, 0.25) is 0 Å². The number of carbonyl (C=O) groups excluding carboxylic acids is 2. The van der Waals surface area contributed by atoms with E-state index in [0.29, 0.717) is 17.0 Å². The average Bonchev–Trinajstić information content (AvgIpc) is 3.48. The lowest BCUT2D eigenvalue weighted by Crippen LogP contribution is -2.48. The molecule has 29 heavy (non-hydrogen) atoms. The minimum absolute atomic E-state index is 0.114. The van der Waals surface area contributed by atoms with Gasteiger partial charge in [-0.05, 0) is 43.7 Å². The third-order valence-corrected chi connectivity index (χ3v) is 6.56. The van der Waals surface area contributed by atoms with E-state index >= 15 is 0 Å². The second kappa shape index (κ2) is 8.98. The quantitative estimate of drug-likeness (QED) is 0.706. The van der Waals surface area contributed by atoms with Crippen molar-refractivity contribution in [1.29, 1.82) is 0 Å². The van der Waals surface area contributed by atoms with Gasteiger partial charge in [-0.3, -0.25) is 14.7 Å². The van der Waals surface area contributed by atoms with Crippen molar-refractivity contribution in [3.05, 3.63) is 36.2 Å². The number of rotatable bonds is 6. The fourth-order valence-corrected chi connectivity index (χ4v) is 4.59. The van der Waals surface area contributed by atoms with Gasteiger partial charge in [-0.1, -0.05) is 49.7 Å². The van der Waals surface area contributed by atoms with Gasteiger partial charge in [0.2, 0.25) is 5.91 Å². The van der Waals surface area contributed by atoms with E-state index in [1.54, 1.807) is 0 Å². The summed E-state index contributed by atoms with van der Waals surface area (Å²) in [4.78, 5) is 24.5. The molecule has 7 nitrogen and oxygen atoms in total. The standard InChI is InChI=1S/C21H27N5O2S/c1-14-7-5-6-10-17(14)22-20(28)23-18(27)13-29-21-25-24-19(15-11-12-15)26(21)16-8-3-2-4-9-16/h2-4,8-9,14-15,17H,5-7,10-13H2,1H3,(H2,22,23,27,28). The van der Waals surface area contributed by atoms with Crippen molar-refractivity contribution in [2.24, 2.45) is 5.92 Å². The normalized spacial score (nSPS) is 21.6.